The van der Waals surface area contributed by atoms with Gasteiger partial charge in [-0.05, 0) is 7.05 Å². The fourth-order valence-electron chi connectivity index (χ4n) is 1.25. The Morgan fingerprint density at radius 2 is 2.20 bits per heavy atom. The van der Waals surface area contributed by atoms with Crippen molar-refractivity contribution in [3.05, 3.63) is 17.8 Å². The summed E-state index contributed by atoms with van der Waals surface area (Å²) < 4.78 is 1.94. The average molecular weight is 248 g/mol. The largest absolute Gasteiger partial charge is 0.318 e. The molecule has 0 aliphatic heterocycles. The van der Waals surface area contributed by atoms with Gasteiger partial charge < -0.3 is 9.88 Å². The molecule has 5 nitrogen and oxygen atoms in total. The molecule has 0 amide bonds. The molecule has 2 heterocycles. The standard InChI is InChI=1S/C8H10ClN5.ClH/c1-10-2-3-14-5-13-6-7(9)11-4-12-8(6)14;/h4-5,10H,2-3H2,1H3;1H. The Labute approximate surface area is 98.3 Å². The lowest BCUT2D eigenvalue weighted by molar-refractivity contribution is 0.654. The van der Waals surface area contributed by atoms with E-state index < -0.39 is 0 Å². The molecular weight excluding hydrogens is 237 g/mol. The fourth-order valence-corrected chi connectivity index (χ4v) is 1.42. The van der Waals surface area contributed by atoms with E-state index in [1.807, 2.05) is 11.6 Å². The van der Waals surface area contributed by atoms with E-state index in [2.05, 4.69) is 20.3 Å². The van der Waals surface area contributed by atoms with Crippen LogP contribution in [0.2, 0.25) is 5.15 Å². The number of nitrogens with zero attached hydrogens (tertiary/aromatic N) is 4. The molecule has 0 aliphatic carbocycles. The van der Waals surface area contributed by atoms with Crippen LogP contribution in [-0.2, 0) is 6.54 Å². The molecule has 2 aromatic rings. The average Bonchev–Trinajstić information content (AvgIpc) is 2.60. The van der Waals surface area contributed by atoms with Crippen molar-refractivity contribution >= 4 is 35.2 Å². The first kappa shape index (κ1) is 12.2. The summed E-state index contributed by atoms with van der Waals surface area (Å²) in [7, 11) is 1.90. The molecular formula is C8H11Cl2N5. The monoisotopic (exact) mass is 247 g/mol. The van der Waals surface area contributed by atoms with Gasteiger partial charge in [-0.15, -0.1) is 12.4 Å². The van der Waals surface area contributed by atoms with Gasteiger partial charge in [0.05, 0.1) is 6.33 Å². The topological polar surface area (TPSA) is 55.6 Å². The quantitative estimate of drug-likeness (QED) is 0.827. The molecule has 0 fully saturated rings. The minimum Gasteiger partial charge on any atom is -0.318 e. The van der Waals surface area contributed by atoms with Crippen molar-refractivity contribution in [2.75, 3.05) is 13.6 Å². The van der Waals surface area contributed by atoms with Crippen LogP contribution in [0.15, 0.2) is 12.7 Å². The van der Waals surface area contributed by atoms with Gasteiger partial charge in [0.25, 0.3) is 0 Å². The first-order valence-corrected chi connectivity index (χ1v) is 4.66. The van der Waals surface area contributed by atoms with Crippen LogP contribution < -0.4 is 5.32 Å². The zero-order chi connectivity index (χ0) is 9.97. The molecule has 0 radical (unpaired) electrons. The van der Waals surface area contributed by atoms with Crippen molar-refractivity contribution in [2.45, 2.75) is 6.54 Å². The van der Waals surface area contributed by atoms with Crippen LogP contribution in [0.4, 0.5) is 0 Å². The molecule has 2 rings (SSSR count). The van der Waals surface area contributed by atoms with Crippen LogP contribution >= 0.6 is 24.0 Å². The van der Waals surface area contributed by atoms with Gasteiger partial charge in [0.15, 0.2) is 10.8 Å². The number of likely N-dealkylation sites (N-methyl/N-ethyl adjacent to an activating group) is 1. The highest BCUT2D eigenvalue weighted by Gasteiger charge is 2.06. The summed E-state index contributed by atoms with van der Waals surface area (Å²) in [6.45, 7) is 1.69. The number of nitrogens with one attached hydrogen (secondary N) is 1. The second-order valence-electron chi connectivity index (χ2n) is 2.88. The predicted octanol–water partition coefficient (Wildman–Crippen LogP) is 1.12. The minimum absolute atomic E-state index is 0. The van der Waals surface area contributed by atoms with Crippen LogP contribution in [0.3, 0.4) is 0 Å². The summed E-state index contributed by atoms with van der Waals surface area (Å²) in [6.07, 6.45) is 3.17. The number of rotatable bonds is 3. The van der Waals surface area contributed by atoms with Crippen molar-refractivity contribution in [1.29, 1.82) is 0 Å². The summed E-state index contributed by atoms with van der Waals surface area (Å²) in [5, 5.41) is 3.46. The van der Waals surface area contributed by atoms with Crippen LogP contribution in [0.1, 0.15) is 0 Å². The van der Waals surface area contributed by atoms with E-state index >= 15 is 0 Å². The van der Waals surface area contributed by atoms with Crippen molar-refractivity contribution < 1.29 is 0 Å². The van der Waals surface area contributed by atoms with E-state index in [4.69, 9.17) is 11.6 Å². The SMILES string of the molecule is CNCCn1cnc2c(Cl)ncnc21.Cl. The number of aromatic nitrogens is 4. The molecule has 0 spiro atoms. The van der Waals surface area contributed by atoms with Gasteiger partial charge >= 0.3 is 0 Å². The third-order valence-corrected chi connectivity index (χ3v) is 2.24. The number of imidazole rings is 1. The molecule has 0 saturated carbocycles. The van der Waals surface area contributed by atoms with E-state index in [1.165, 1.54) is 6.33 Å². The molecule has 0 bridgehead atoms. The zero-order valence-corrected chi connectivity index (χ0v) is 9.72. The summed E-state index contributed by atoms with van der Waals surface area (Å²) in [6, 6.07) is 0. The first-order chi connectivity index (χ1) is 6.83. The maximum Gasteiger partial charge on any atom is 0.164 e. The Kier molecular flexibility index (Phi) is 4.26. The normalized spacial score (nSPS) is 10.3. The lowest BCUT2D eigenvalue weighted by atomic mass is 10.5. The number of hydrogen-bond acceptors (Lipinski definition) is 4. The zero-order valence-electron chi connectivity index (χ0n) is 8.14. The maximum absolute atomic E-state index is 5.86. The van der Waals surface area contributed by atoms with Crippen LogP contribution in [0.5, 0.6) is 0 Å². The molecule has 0 aromatic carbocycles. The highest BCUT2D eigenvalue weighted by Crippen LogP contribution is 2.16. The van der Waals surface area contributed by atoms with Crippen molar-refractivity contribution in [2.24, 2.45) is 0 Å². The van der Waals surface area contributed by atoms with Gasteiger partial charge in [0.1, 0.15) is 11.8 Å². The van der Waals surface area contributed by atoms with Crippen LogP contribution in [-0.4, -0.2) is 33.1 Å². The molecule has 82 valence electrons. The number of hydrogen-bond donors (Lipinski definition) is 1. The molecule has 15 heavy (non-hydrogen) atoms. The third-order valence-electron chi connectivity index (χ3n) is 1.96. The Bertz CT molecular complexity index is 442. The van der Waals surface area contributed by atoms with Gasteiger partial charge in [-0.1, -0.05) is 11.6 Å². The molecule has 0 saturated heterocycles. The smallest absolute Gasteiger partial charge is 0.164 e. The van der Waals surface area contributed by atoms with Crippen molar-refractivity contribution in [3.63, 3.8) is 0 Å². The van der Waals surface area contributed by atoms with E-state index in [0.29, 0.717) is 10.7 Å². The molecule has 7 heteroatoms. The van der Waals surface area contributed by atoms with Crippen molar-refractivity contribution in [3.8, 4) is 0 Å². The summed E-state index contributed by atoms with van der Waals surface area (Å²) >= 11 is 5.86. The summed E-state index contributed by atoms with van der Waals surface area (Å²) in [4.78, 5) is 12.1. The summed E-state index contributed by atoms with van der Waals surface area (Å²) in [5.74, 6) is 0. The summed E-state index contributed by atoms with van der Waals surface area (Å²) in [5.41, 5.74) is 1.44. The van der Waals surface area contributed by atoms with Gasteiger partial charge in [0, 0.05) is 13.1 Å². The van der Waals surface area contributed by atoms with Gasteiger partial charge in [0.2, 0.25) is 0 Å². The van der Waals surface area contributed by atoms with E-state index in [9.17, 15) is 0 Å². The van der Waals surface area contributed by atoms with E-state index in [1.54, 1.807) is 6.33 Å². The molecule has 2 aromatic heterocycles. The fraction of sp³-hybridized carbons (Fsp3) is 0.375. The van der Waals surface area contributed by atoms with Gasteiger partial charge in [-0.3, -0.25) is 0 Å². The Morgan fingerprint density at radius 3 is 2.93 bits per heavy atom. The highest BCUT2D eigenvalue weighted by atomic mass is 35.5. The second kappa shape index (κ2) is 5.25. The van der Waals surface area contributed by atoms with E-state index in [-0.39, 0.29) is 12.4 Å². The van der Waals surface area contributed by atoms with Crippen molar-refractivity contribution in [1.82, 2.24) is 24.8 Å². The van der Waals surface area contributed by atoms with Gasteiger partial charge in [-0.25, -0.2) is 15.0 Å². The van der Waals surface area contributed by atoms with Crippen LogP contribution in [0, 0.1) is 0 Å². The Morgan fingerprint density at radius 1 is 1.40 bits per heavy atom. The maximum atomic E-state index is 5.86. The predicted molar refractivity (Wildman–Crippen MR) is 61.5 cm³/mol. The van der Waals surface area contributed by atoms with E-state index in [0.717, 1.165) is 18.7 Å². The lowest BCUT2D eigenvalue weighted by Crippen LogP contribution is -2.14. The molecule has 1 N–H and O–H groups in total. The third kappa shape index (κ3) is 2.37. The highest BCUT2D eigenvalue weighted by molar-refractivity contribution is 6.33. The van der Waals surface area contributed by atoms with Gasteiger partial charge in [-0.2, -0.15) is 0 Å². The number of halogens is 2. The second-order valence-corrected chi connectivity index (χ2v) is 3.24. The molecule has 0 aliphatic rings. The van der Waals surface area contributed by atoms with Crippen LogP contribution in [0.25, 0.3) is 11.2 Å². The molecule has 0 atom stereocenters. The molecule has 0 unspecified atom stereocenters. The minimum atomic E-state index is 0. The lowest BCUT2D eigenvalue weighted by Gasteiger charge is -2.01. The Hall–Kier alpha value is -0.910. The Balaban J connectivity index is 0.00000112. The number of fused-ring (bicyclic) bond motifs is 1. The first-order valence-electron chi connectivity index (χ1n) is 4.29.